The van der Waals surface area contributed by atoms with Gasteiger partial charge in [-0.3, -0.25) is 34.0 Å². The first kappa shape index (κ1) is 42.1. The van der Waals surface area contributed by atoms with Crippen LogP contribution in [0.5, 0.6) is 0 Å². The second-order valence-electron chi connectivity index (χ2n) is 17.5. The number of anilines is 2. The summed E-state index contributed by atoms with van der Waals surface area (Å²) < 4.78 is 75.5. The molecule has 5 aromatic rings. The monoisotopic (exact) mass is 885 g/mol. The van der Waals surface area contributed by atoms with Gasteiger partial charge in [0.15, 0.2) is 11.3 Å². The van der Waals surface area contributed by atoms with E-state index in [9.17, 15) is 23.2 Å². The molecule has 336 valence electrons. The van der Waals surface area contributed by atoms with Gasteiger partial charge in [-0.15, -0.1) is 0 Å². The molecule has 2 N–H and O–H groups in total. The summed E-state index contributed by atoms with van der Waals surface area (Å²) in [4.78, 5) is 46.4. The van der Waals surface area contributed by atoms with E-state index in [0.29, 0.717) is 86.6 Å². The lowest BCUT2D eigenvalue weighted by molar-refractivity contribution is -0.169. The van der Waals surface area contributed by atoms with Crippen LogP contribution in [0.3, 0.4) is 0 Å². The number of carbonyl (C=O) groups is 3. The minimum Gasteiger partial charge on any atom is -0.374 e. The number of rotatable bonds is 10. The van der Waals surface area contributed by atoms with E-state index in [4.69, 9.17) is 14.5 Å². The molecule has 64 heavy (non-hydrogen) atoms. The molecule has 5 aliphatic rings. The topological polar surface area (TPSA) is 166 Å². The predicted molar refractivity (Wildman–Crippen MR) is 223 cm³/mol. The van der Waals surface area contributed by atoms with Crippen LogP contribution in [0.25, 0.3) is 16.6 Å². The highest BCUT2D eigenvalue weighted by Gasteiger charge is 2.46. The average Bonchev–Trinajstić information content (AvgIpc) is 4.12. The number of likely N-dealkylation sites (tertiary alicyclic amines) is 1. The lowest BCUT2D eigenvalue weighted by Crippen LogP contribution is -2.53. The number of morpholine rings is 1. The molecular weight excluding hydrogens is 839 g/mol. The minimum absolute atomic E-state index is 0.0867. The highest BCUT2D eigenvalue weighted by molar-refractivity contribution is 6.08. The zero-order valence-electron chi connectivity index (χ0n) is 35.1. The van der Waals surface area contributed by atoms with Gasteiger partial charge >= 0.3 is 0 Å². The molecule has 5 fully saturated rings. The average molecular weight is 886 g/mol. The maximum atomic E-state index is 15.5. The molecule has 0 radical (unpaired) electrons. The molecule has 3 amide bonds. The Balaban J connectivity index is 0.717. The van der Waals surface area contributed by atoms with Gasteiger partial charge in [0.1, 0.15) is 24.1 Å². The van der Waals surface area contributed by atoms with Crippen molar-refractivity contribution in [1.29, 1.82) is 0 Å². The van der Waals surface area contributed by atoms with E-state index in [0.717, 1.165) is 11.8 Å². The van der Waals surface area contributed by atoms with Crippen LogP contribution in [0.4, 0.5) is 29.1 Å². The zero-order chi connectivity index (χ0) is 44.3. The summed E-state index contributed by atoms with van der Waals surface area (Å²) in [5.74, 6) is 1.78. The molecule has 10 rings (SSSR count). The lowest BCUT2D eigenvalue weighted by atomic mass is 9.85. The van der Waals surface area contributed by atoms with Crippen LogP contribution in [0.15, 0.2) is 42.9 Å². The molecule has 20 heteroatoms. The van der Waals surface area contributed by atoms with E-state index in [1.54, 1.807) is 35.0 Å². The third kappa shape index (κ3) is 8.09. The molecule has 4 aromatic heterocycles. The summed E-state index contributed by atoms with van der Waals surface area (Å²) in [7, 11) is 1.75. The fourth-order valence-electron chi connectivity index (χ4n) is 10.2. The normalized spacial score (nSPS) is 25.9. The van der Waals surface area contributed by atoms with Crippen molar-refractivity contribution in [3.8, 4) is 11.8 Å². The van der Waals surface area contributed by atoms with Crippen LogP contribution >= 0.6 is 0 Å². The Bertz CT molecular complexity index is 2680. The van der Waals surface area contributed by atoms with Gasteiger partial charge in [-0.2, -0.15) is 15.3 Å². The standard InChI is InChI=1S/C44H47F4N11O5/c1-55-39-26(4-2-6-30(39)37(53-55)31-11-12-36(60)52-42(31)61)5-3-17-63-34-13-15-56(24-44(34,47)48)20-25-7-9-27(10-8-25)59-22-33(38(54-59)40(45)46)50-43(62)32-19-49-58-16-14-35(51-41(32)58)57-21-29-18-28(57)23-64-29/h2,4,6,14,16,19,22,25,27-29,31,34,40H,7-13,15,17-18,20-21,23-24H2,1H3,(H,50,62)(H,52,60,61)/t25-,27-,28-,29-,31?,34-/m1/s1. The van der Waals surface area contributed by atoms with E-state index in [-0.39, 0.29) is 66.6 Å². The van der Waals surface area contributed by atoms with Crippen LogP contribution in [0.1, 0.15) is 97.1 Å². The highest BCUT2D eigenvalue weighted by Crippen LogP contribution is 2.38. The number of nitrogens with zero attached hydrogens (tertiary/aromatic N) is 9. The number of hydrogen-bond donors (Lipinski definition) is 2. The van der Waals surface area contributed by atoms with Gasteiger partial charge in [0.25, 0.3) is 18.3 Å². The second kappa shape index (κ2) is 16.9. The van der Waals surface area contributed by atoms with Crippen LogP contribution in [-0.4, -0.2) is 120 Å². The number of halogens is 4. The fourth-order valence-corrected chi connectivity index (χ4v) is 10.2. The van der Waals surface area contributed by atoms with E-state index in [1.165, 1.54) is 21.6 Å². The van der Waals surface area contributed by atoms with Crippen molar-refractivity contribution in [3.05, 3.63) is 65.4 Å². The molecule has 4 atom stereocenters. The number of imide groups is 1. The van der Waals surface area contributed by atoms with Crippen molar-refractivity contribution >= 4 is 45.8 Å². The largest absolute Gasteiger partial charge is 0.374 e. The summed E-state index contributed by atoms with van der Waals surface area (Å²) in [5.41, 5.74) is 1.72. The first-order chi connectivity index (χ1) is 30.9. The van der Waals surface area contributed by atoms with E-state index in [2.05, 4.69) is 42.7 Å². The number of para-hydroxylation sites is 1. The Morgan fingerprint density at radius 2 is 1.94 bits per heavy atom. The van der Waals surface area contributed by atoms with Gasteiger partial charge in [-0.1, -0.05) is 24.0 Å². The summed E-state index contributed by atoms with van der Waals surface area (Å²) in [6.07, 6.45) is 4.75. The number of benzene rings is 1. The van der Waals surface area contributed by atoms with Crippen molar-refractivity contribution < 1.29 is 41.4 Å². The van der Waals surface area contributed by atoms with Crippen molar-refractivity contribution in [3.63, 3.8) is 0 Å². The molecule has 1 aromatic carbocycles. The minimum atomic E-state index is -3.09. The molecule has 8 heterocycles. The van der Waals surface area contributed by atoms with Gasteiger partial charge in [-0.25, -0.2) is 27.1 Å². The van der Waals surface area contributed by atoms with Crippen molar-refractivity contribution in [2.45, 2.75) is 93.9 Å². The third-order valence-electron chi connectivity index (χ3n) is 13.4. The Morgan fingerprint density at radius 3 is 2.69 bits per heavy atom. The number of alkyl halides is 4. The lowest BCUT2D eigenvalue weighted by Gasteiger charge is -2.40. The van der Waals surface area contributed by atoms with E-state index < -0.39 is 42.5 Å². The first-order valence-corrected chi connectivity index (χ1v) is 21.8. The van der Waals surface area contributed by atoms with Crippen LogP contribution < -0.4 is 15.5 Å². The van der Waals surface area contributed by atoms with Crippen molar-refractivity contribution in [1.82, 2.24) is 44.4 Å². The number of nitrogens with one attached hydrogen (secondary N) is 2. The van der Waals surface area contributed by atoms with Gasteiger partial charge < -0.3 is 19.7 Å². The Kier molecular flexibility index (Phi) is 11.1. The molecule has 4 saturated heterocycles. The molecule has 1 unspecified atom stereocenters. The number of aromatic nitrogens is 7. The van der Waals surface area contributed by atoms with Crippen LogP contribution in [-0.2, 0) is 26.1 Å². The summed E-state index contributed by atoms with van der Waals surface area (Å²) in [6, 6.07) is 7.29. The summed E-state index contributed by atoms with van der Waals surface area (Å²) in [6.45, 7) is 1.60. The van der Waals surface area contributed by atoms with Gasteiger partial charge in [-0.05, 0) is 63.0 Å². The smallest absolute Gasteiger partial charge is 0.286 e. The van der Waals surface area contributed by atoms with Crippen LogP contribution in [0.2, 0.25) is 0 Å². The van der Waals surface area contributed by atoms with Gasteiger partial charge in [0, 0.05) is 50.9 Å². The van der Waals surface area contributed by atoms with Crippen molar-refractivity contribution in [2.75, 3.05) is 49.6 Å². The number of amides is 3. The second-order valence-corrected chi connectivity index (χ2v) is 17.5. The Morgan fingerprint density at radius 1 is 1.09 bits per heavy atom. The zero-order valence-corrected chi connectivity index (χ0v) is 35.1. The fraction of sp³-hybridized carbons (Fsp3) is 0.523. The molecule has 4 aliphatic heterocycles. The SMILES string of the molecule is Cn1nc(C2CCC(=O)NC2=O)c2cccc(C#CCO[C@@H]3CCN(C[C@H]4CC[C@H](n5cc(NC(=O)c6cnn7ccc(N8C[C@H]9C[C@@H]8CO9)nc67)c(C(F)F)n5)CC4)CC3(F)F)c21. The maximum Gasteiger partial charge on any atom is 0.286 e. The molecule has 2 bridgehead atoms. The number of hydrogen-bond acceptors (Lipinski definition) is 11. The number of ether oxygens (including phenoxy) is 2. The van der Waals surface area contributed by atoms with Gasteiger partial charge in [0.05, 0.1) is 65.9 Å². The third-order valence-corrected chi connectivity index (χ3v) is 13.4. The molecule has 1 saturated carbocycles. The molecule has 0 spiro atoms. The Labute approximate surface area is 364 Å². The van der Waals surface area contributed by atoms with Crippen molar-refractivity contribution in [2.24, 2.45) is 13.0 Å². The van der Waals surface area contributed by atoms with Crippen LogP contribution in [0, 0.1) is 17.8 Å². The van der Waals surface area contributed by atoms with Gasteiger partial charge in [0.2, 0.25) is 11.8 Å². The quantitative estimate of drug-likeness (QED) is 0.110. The Hall–Kier alpha value is -5.91. The molecule has 1 aliphatic carbocycles. The van der Waals surface area contributed by atoms with E-state index >= 15 is 8.78 Å². The number of piperidine rings is 2. The predicted octanol–water partition coefficient (Wildman–Crippen LogP) is 5.01. The number of aryl methyl sites for hydroxylation is 1. The summed E-state index contributed by atoms with van der Waals surface area (Å²) in [5, 5.41) is 18.8. The number of fused-ring (bicyclic) bond motifs is 4. The summed E-state index contributed by atoms with van der Waals surface area (Å²) >= 11 is 0. The highest BCUT2D eigenvalue weighted by atomic mass is 19.3. The number of carbonyl (C=O) groups excluding carboxylic acids is 3. The molecular formula is C44H47F4N11O5. The van der Waals surface area contributed by atoms with E-state index in [1.807, 2.05) is 12.1 Å². The maximum absolute atomic E-state index is 15.5. The first-order valence-electron chi connectivity index (χ1n) is 21.8. The molecule has 16 nitrogen and oxygen atoms in total.